The Balaban J connectivity index is 1.93. The molecule has 0 spiro atoms. The van der Waals surface area contributed by atoms with Crippen LogP contribution in [-0.4, -0.2) is 40.3 Å². The molecule has 0 aliphatic heterocycles. The van der Waals surface area contributed by atoms with Crippen LogP contribution in [0.5, 0.6) is 0 Å². The van der Waals surface area contributed by atoms with Gasteiger partial charge < -0.3 is 15.8 Å². The predicted octanol–water partition coefficient (Wildman–Crippen LogP) is -0.0485. The summed E-state index contributed by atoms with van der Waals surface area (Å²) in [5.41, 5.74) is 6.79. The number of nitrogens with one attached hydrogen (secondary N) is 1. The maximum absolute atomic E-state index is 10.5. The third kappa shape index (κ3) is 2.95. The third-order valence-electron chi connectivity index (χ3n) is 2.30. The Labute approximate surface area is 104 Å². The van der Waals surface area contributed by atoms with Crippen LogP contribution in [-0.2, 0) is 9.53 Å². The minimum absolute atomic E-state index is 0.0644. The number of ether oxygens (including phenoxy) is 1. The van der Waals surface area contributed by atoms with Crippen molar-refractivity contribution in [2.45, 2.75) is 6.92 Å². The van der Waals surface area contributed by atoms with E-state index in [0.29, 0.717) is 13.2 Å². The summed E-state index contributed by atoms with van der Waals surface area (Å²) in [5.74, 6) is 0.266. The zero-order chi connectivity index (χ0) is 13.0. The van der Waals surface area contributed by atoms with E-state index in [-0.39, 0.29) is 6.61 Å². The van der Waals surface area contributed by atoms with Gasteiger partial charge in [0.05, 0.1) is 12.3 Å². The zero-order valence-corrected chi connectivity index (χ0v) is 10.1. The standard InChI is InChI=1S/C11H15N5O2/c1-8-6-9-11(13-2-4-16(9)15-8)14-3-5-18-7-10(12)17/h2,4,6H,3,5,7H2,1H3,(H2,12,17)(H,13,14). The van der Waals surface area contributed by atoms with Crippen LogP contribution >= 0.6 is 0 Å². The van der Waals surface area contributed by atoms with Gasteiger partial charge in [-0.05, 0) is 13.0 Å². The summed E-state index contributed by atoms with van der Waals surface area (Å²) < 4.78 is 6.81. The average molecular weight is 249 g/mol. The lowest BCUT2D eigenvalue weighted by atomic mass is 10.4. The fraction of sp³-hybridized carbons (Fsp3) is 0.364. The molecular formula is C11H15N5O2. The van der Waals surface area contributed by atoms with Gasteiger partial charge in [-0.1, -0.05) is 0 Å². The maximum Gasteiger partial charge on any atom is 0.243 e. The van der Waals surface area contributed by atoms with Crippen LogP contribution in [0.2, 0.25) is 0 Å². The van der Waals surface area contributed by atoms with E-state index in [4.69, 9.17) is 10.5 Å². The van der Waals surface area contributed by atoms with E-state index >= 15 is 0 Å². The lowest BCUT2D eigenvalue weighted by Crippen LogP contribution is -2.20. The Morgan fingerprint density at radius 3 is 3.22 bits per heavy atom. The highest BCUT2D eigenvalue weighted by atomic mass is 16.5. The highest BCUT2D eigenvalue weighted by Gasteiger charge is 2.04. The molecule has 0 aliphatic carbocycles. The molecule has 3 N–H and O–H groups in total. The van der Waals surface area contributed by atoms with Gasteiger partial charge in [0, 0.05) is 18.9 Å². The van der Waals surface area contributed by atoms with Gasteiger partial charge in [-0.15, -0.1) is 0 Å². The summed E-state index contributed by atoms with van der Waals surface area (Å²) in [7, 11) is 0. The normalized spacial score (nSPS) is 10.7. The summed E-state index contributed by atoms with van der Waals surface area (Å²) in [4.78, 5) is 14.7. The van der Waals surface area contributed by atoms with Gasteiger partial charge in [-0.3, -0.25) is 4.79 Å². The SMILES string of the molecule is Cc1cc2c(NCCOCC(N)=O)nccn2n1. The van der Waals surface area contributed by atoms with Crippen LogP contribution < -0.4 is 11.1 Å². The van der Waals surface area contributed by atoms with Crippen molar-refractivity contribution in [3.8, 4) is 0 Å². The van der Waals surface area contributed by atoms with Crippen molar-refractivity contribution in [2.24, 2.45) is 5.73 Å². The molecule has 0 aliphatic rings. The number of aryl methyl sites for hydroxylation is 1. The number of carbonyl (C=O) groups is 1. The first-order valence-corrected chi connectivity index (χ1v) is 5.58. The van der Waals surface area contributed by atoms with Crippen LogP contribution in [0, 0.1) is 6.92 Å². The van der Waals surface area contributed by atoms with Gasteiger partial charge >= 0.3 is 0 Å². The van der Waals surface area contributed by atoms with Gasteiger partial charge in [-0.2, -0.15) is 5.10 Å². The number of hydrogen-bond acceptors (Lipinski definition) is 5. The topological polar surface area (TPSA) is 94.5 Å². The average Bonchev–Trinajstić information content (AvgIpc) is 2.69. The van der Waals surface area contributed by atoms with Gasteiger partial charge in [0.15, 0.2) is 5.82 Å². The first-order valence-electron chi connectivity index (χ1n) is 5.58. The van der Waals surface area contributed by atoms with Crippen molar-refractivity contribution in [3.05, 3.63) is 24.2 Å². The van der Waals surface area contributed by atoms with Gasteiger partial charge in [-0.25, -0.2) is 9.50 Å². The fourth-order valence-electron chi connectivity index (χ4n) is 1.59. The molecule has 0 atom stereocenters. The molecule has 18 heavy (non-hydrogen) atoms. The number of hydrogen-bond donors (Lipinski definition) is 2. The van der Waals surface area contributed by atoms with Crippen molar-refractivity contribution < 1.29 is 9.53 Å². The quantitative estimate of drug-likeness (QED) is 0.700. The summed E-state index contributed by atoms with van der Waals surface area (Å²) in [6.45, 7) is 2.79. The molecule has 2 aromatic rings. The summed E-state index contributed by atoms with van der Waals surface area (Å²) >= 11 is 0. The molecule has 1 amide bonds. The Morgan fingerprint density at radius 2 is 2.44 bits per heavy atom. The molecule has 0 unspecified atom stereocenters. The molecule has 0 saturated carbocycles. The van der Waals surface area contributed by atoms with Crippen LogP contribution in [0.1, 0.15) is 5.69 Å². The van der Waals surface area contributed by atoms with E-state index in [1.54, 1.807) is 16.9 Å². The first kappa shape index (κ1) is 12.3. The number of primary amides is 1. The molecule has 7 heteroatoms. The number of fused-ring (bicyclic) bond motifs is 1. The number of carbonyl (C=O) groups excluding carboxylic acids is 1. The summed E-state index contributed by atoms with van der Waals surface area (Å²) in [6.07, 6.45) is 3.46. The predicted molar refractivity (Wildman–Crippen MR) is 66.2 cm³/mol. The van der Waals surface area contributed by atoms with E-state index in [0.717, 1.165) is 17.0 Å². The first-order chi connectivity index (χ1) is 8.66. The molecule has 0 radical (unpaired) electrons. The van der Waals surface area contributed by atoms with Gasteiger partial charge in [0.1, 0.15) is 12.1 Å². The molecule has 96 valence electrons. The maximum atomic E-state index is 10.5. The third-order valence-corrected chi connectivity index (χ3v) is 2.30. The summed E-state index contributed by atoms with van der Waals surface area (Å²) in [6, 6.07) is 1.94. The molecular weight excluding hydrogens is 234 g/mol. The number of rotatable bonds is 6. The molecule has 7 nitrogen and oxygen atoms in total. The lowest BCUT2D eigenvalue weighted by Gasteiger charge is -2.06. The monoisotopic (exact) mass is 249 g/mol. The van der Waals surface area contributed by atoms with Crippen molar-refractivity contribution in [1.29, 1.82) is 0 Å². The molecule has 0 aromatic carbocycles. The Hall–Kier alpha value is -2.15. The second-order valence-electron chi connectivity index (χ2n) is 3.84. The van der Waals surface area contributed by atoms with Crippen LogP contribution in [0.25, 0.3) is 5.52 Å². The van der Waals surface area contributed by atoms with E-state index < -0.39 is 5.91 Å². The molecule has 2 rings (SSSR count). The van der Waals surface area contributed by atoms with E-state index in [1.165, 1.54) is 0 Å². The Kier molecular flexibility index (Phi) is 3.73. The van der Waals surface area contributed by atoms with Crippen LogP contribution in [0.4, 0.5) is 5.82 Å². The second-order valence-corrected chi connectivity index (χ2v) is 3.84. The summed E-state index contributed by atoms with van der Waals surface area (Å²) in [5, 5.41) is 7.41. The van der Waals surface area contributed by atoms with Crippen molar-refractivity contribution in [3.63, 3.8) is 0 Å². The minimum atomic E-state index is -0.471. The Morgan fingerprint density at radius 1 is 1.61 bits per heavy atom. The van der Waals surface area contributed by atoms with E-state index in [1.807, 2.05) is 13.0 Å². The molecule has 2 heterocycles. The fourth-order valence-corrected chi connectivity index (χ4v) is 1.59. The number of amides is 1. The van der Waals surface area contributed by atoms with E-state index in [9.17, 15) is 4.79 Å². The van der Waals surface area contributed by atoms with Gasteiger partial charge in [0.2, 0.25) is 5.91 Å². The highest BCUT2D eigenvalue weighted by molar-refractivity contribution is 5.75. The lowest BCUT2D eigenvalue weighted by molar-refractivity contribution is -0.122. The van der Waals surface area contributed by atoms with Crippen LogP contribution in [0.15, 0.2) is 18.5 Å². The number of aromatic nitrogens is 3. The molecule has 0 saturated heterocycles. The number of anilines is 1. The minimum Gasteiger partial charge on any atom is -0.370 e. The second kappa shape index (κ2) is 5.46. The smallest absolute Gasteiger partial charge is 0.243 e. The molecule has 0 bridgehead atoms. The van der Waals surface area contributed by atoms with Crippen molar-refractivity contribution >= 4 is 17.2 Å². The zero-order valence-electron chi connectivity index (χ0n) is 10.1. The largest absolute Gasteiger partial charge is 0.370 e. The Bertz CT molecular complexity index is 551. The van der Waals surface area contributed by atoms with Crippen molar-refractivity contribution in [2.75, 3.05) is 25.1 Å². The molecule has 2 aromatic heterocycles. The highest BCUT2D eigenvalue weighted by Crippen LogP contribution is 2.13. The molecule has 0 fully saturated rings. The van der Waals surface area contributed by atoms with E-state index in [2.05, 4.69) is 15.4 Å². The number of nitrogens with two attached hydrogens (primary N) is 1. The van der Waals surface area contributed by atoms with Crippen LogP contribution in [0.3, 0.4) is 0 Å². The van der Waals surface area contributed by atoms with Gasteiger partial charge in [0.25, 0.3) is 0 Å². The number of nitrogens with zero attached hydrogens (tertiary/aromatic N) is 3. The van der Waals surface area contributed by atoms with Crippen molar-refractivity contribution in [1.82, 2.24) is 14.6 Å².